The van der Waals surface area contributed by atoms with E-state index < -0.39 is 0 Å². The number of benzene rings is 2. The fourth-order valence-electron chi connectivity index (χ4n) is 1.62. The molecule has 2 aromatic carbocycles. The van der Waals surface area contributed by atoms with Gasteiger partial charge in [-0.1, -0.05) is 24.3 Å². The topological polar surface area (TPSA) is 33.0 Å². The summed E-state index contributed by atoms with van der Waals surface area (Å²) in [7, 11) is 0. The molecule has 0 heterocycles. The van der Waals surface area contributed by atoms with E-state index >= 15 is 0 Å². The molecule has 0 aliphatic heterocycles. The predicted octanol–water partition coefficient (Wildman–Crippen LogP) is 3.58. The lowest BCUT2D eigenvalue weighted by molar-refractivity contribution is 0.289. The van der Waals surface area contributed by atoms with E-state index in [0.717, 1.165) is 5.56 Å². The molecule has 0 amide bonds. The summed E-state index contributed by atoms with van der Waals surface area (Å²) >= 11 is 0. The van der Waals surface area contributed by atoms with E-state index in [2.05, 4.69) is 6.07 Å². The zero-order valence-corrected chi connectivity index (χ0v) is 9.98. The minimum atomic E-state index is -0.339. The Hall–Kier alpha value is -2.34. The Bertz CT molecular complexity index is 602. The Labute approximate surface area is 105 Å². The molecule has 0 N–H and O–H groups in total. The third-order valence-electron chi connectivity index (χ3n) is 2.61. The summed E-state index contributed by atoms with van der Waals surface area (Å²) in [5, 5.41) is 8.78. The number of rotatable bonds is 3. The van der Waals surface area contributed by atoms with Crippen LogP contribution in [0.4, 0.5) is 4.39 Å². The average molecular weight is 241 g/mol. The van der Waals surface area contributed by atoms with Gasteiger partial charge in [-0.15, -0.1) is 0 Å². The second-order valence-electron chi connectivity index (χ2n) is 3.99. The smallest absolute Gasteiger partial charge is 0.167 e. The molecule has 2 nitrogen and oxygen atoms in total. The van der Waals surface area contributed by atoms with Crippen molar-refractivity contribution in [1.29, 1.82) is 5.26 Å². The van der Waals surface area contributed by atoms with Gasteiger partial charge in [0.05, 0.1) is 11.6 Å². The Morgan fingerprint density at radius 3 is 2.78 bits per heavy atom. The zero-order valence-electron chi connectivity index (χ0n) is 9.98. The van der Waals surface area contributed by atoms with Crippen molar-refractivity contribution >= 4 is 0 Å². The molecule has 2 rings (SSSR count). The minimum Gasteiger partial charge on any atom is -0.486 e. The van der Waals surface area contributed by atoms with Crippen LogP contribution in [0, 0.1) is 24.1 Å². The number of hydrogen-bond donors (Lipinski definition) is 0. The average Bonchev–Trinajstić information content (AvgIpc) is 2.41. The van der Waals surface area contributed by atoms with E-state index in [9.17, 15) is 4.39 Å². The lowest BCUT2D eigenvalue weighted by Gasteiger charge is -2.08. The molecule has 0 spiro atoms. The van der Waals surface area contributed by atoms with E-state index in [0.29, 0.717) is 11.1 Å². The molecular formula is C15H12FNO. The van der Waals surface area contributed by atoms with E-state index in [1.807, 2.05) is 6.07 Å². The molecule has 0 atom stereocenters. The van der Waals surface area contributed by atoms with Gasteiger partial charge in [0, 0.05) is 0 Å². The van der Waals surface area contributed by atoms with Crippen molar-refractivity contribution in [3.05, 3.63) is 65.0 Å². The second-order valence-corrected chi connectivity index (χ2v) is 3.99. The minimum absolute atomic E-state index is 0.234. The van der Waals surface area contributed by atoms with E-state index in [4.69, 9.17) is 10.00 Å². The molecule has 0 saturated carbocycles. The maximum absolute atomic E-state index is 13.7. The van der Waals surface area contributed by atoms with Crippen LogP contribution in [-0.4, -0.2) is 0 Å². The third kappa shape index (κ3) is 2.67. The highest BCUT2D eigenvalue weighted by Gasteiger charge is 2.05. The van der Waals surface area contributed by atoms with E-state index in [1.165, 1.54) is 0 Å². The van der Waals surface area contributed by atoms with E-state index in [-0.39, 0.29) is 18.2 Å². The summed E-state index contributed by atoms with van der Waals surface area (Å²) < 4.78 is 19.1. The molecule has 90 valence electrons. The number of ether oxygens (including phenoxy) is 1. The number of nitriles is 1. The van der Waals surface area contributed by atoms with Crippen molar-refractivity contribution in [2.75, 3.05) is 0 Å². The first kappa shape index (κ1) is 12.1. The summed E-state index contributed by atoms with van der Waals surface area (Å²) in [6.07, 6.45) is 0. The fourth-order valence-corrected chi connectivity index (χ4v) is 1.62. The fraction of sp³-hybridized carbons (Fsp3) is 0.133. The van der Waals surface area contributed by atoms with Crippen molar-refractivity contribution < 1.29 is 9.13 Å². The molecule has 0 aromatic heterocycles. The van der Waals surface area contributed by atoms with Gasteiger partial charge in [0.1, 0.15) is 6.61 Å². The molecule has 0 radical (unpaired) electrons. The molecule has 0 saturated heterocycles. The van der Waals surface area contributed by atoms with Crippen LogP contribution in [0.25, 0.3) is 0 Å². The molecule has 3 heteroatoms. The molecular weight excluding hydrogens is 229 g/mol. The van der Waals surface area contributed by atoms with Crippen LogP contribution in [0.3, 0.4) is 0 Å². The van der Waals surface area contributed by atoms with Crippen LogP contribution < -0.4 is 4.74 Å². The first-order valence-electron chi connectivity index (χ1n) is 5.57. The molecule has 0 bridgehead atoms. The lowest BCUT2D eigenvalue weighted by atomic mass is 10.1. The van der Waals surface area contributed by atoms with Gasteiger partial charge in [0.25, 0.3) is 0 Å². The normalized spacial score (nSPS) is 9.83. The highest BCUT2D eigenvalue weighted by molar-refractivity contribution is 5.33. The van der Waals surface area contributed by atoms with Gasteiger partial charge < -0.3 is 4.74 Å². The number of aryl methyl sites for hydroxylation is 1. The van der Waals surface area contributed by atoms with Crippen LogP contribution in [-0.2, 0) is 6.61 Å². The Kier molecular flexibility index (Phi) is 3.59. The van der Waals surface area contributed by atoms with Gasteiger partial charge in [-0.3, -0.25) is 0 Å². The van der Waals surface area contributed by atoms with Crippen LogP contribution in [0.5, 0.6) is 5.75 Å². The summed E-state index contributed by atoms with van der Waals surface area (Å²) in [4.78, 5) is 0. The van der Waals surface area contributed by atoms with Crippen molar-refractivity contribution in [2.45, 2.75) is 13.5 Å². The molecule has 2 aromatic rings. The number of halogens is 1. The van der Waals surface area contributed by atoms with Gasteiger partial charge in [0.15, 0.2) is 11.6 Å². The maximum Gasteiger partial charge on any atom is 0.167 e. The molecule has 0 aliphatic rings. The second kappa shape index (κ2) is 5.33. The van der Waals surface area contributed by atoms with Gasteiger partial charge in [-0.2, -0.15) is 5.26 Å². The quantitative estimate of drug-likeness (QED) is 0.822. The maximum atomic E-state index is 13.7. The molecule has 0 aliphatic carbocycles. The summed E-state index contributed by atoms with van der Waals surface area (Å²) in [5.41, 5.74) is 1.97. The van der Waals surface area contributed by atoms with Crippen LogP contribution >= 0.6 is 0 Å². The summed E-state index contributed by atoms with van der Waals surface area (Å²) in [5.74, 6) is -0.105. The largest absolute Gasteiger partial charge is 0.486 e. The Morgan fingerprint density at radius 2 is 2.00 bits per heavy atom. The van der Waals surface area contributed by atoms with Gasteiger partial charge >= 0.3 is 0 Å². The highest BCUT2D eigenvalue weighted by Crippen LogP contribution is 2.20. The van der Waals surface area contributed by atoms with Crippen molar-refractivity contribution in [1.82, 2.24) is 0 Å². The van der Waals surface area contributed by atoms with Gasteiger partial charge in [-0.05, 0) is 36.2 Å². The van der Waals surface area contributed by atoms with E-state index in [1.54, 1.807) is 43.3 Å². The van der Waals surface area contributed by atoms with Crippen LogP contribution in [0.1, 0.15) is 16.7 Å². The monoisotopic (exact) mass is 241 g/mol. The Morgan fingerprint density at radius 1 is 1.22 bits per heavy atom. The molecule has 0 fully saturated rings. The molecule has 0 unspecified atom stereocenters. The standard InChI is InChI=1S/C15H12FNO/c1-11-4-2-7-14(15(11)16)18-10-13-6-3-5-12(8-13)9-17/h2-8H,10H2,1H3. The first-order valence-corrected chi connectivity index (χ1v) is 5.57. The Balaban J connectivity index is 2.12. The predicted molar refractivity (Wildman–Crippen MR) is 66.6 cm³/mol. The summed E-state index contributed by atoms with van der Waals surface area (Å²) in [6, 6.07) is 14.2. The summed E-state index contributed by atoms with van der Waals surface area (Å²) in [6.45, 7) is 1.94. The van der Waals surface area contributed by atoms with Crippen molar-refractivity contribution in [2.24, 2.45) is 0 Å². The highest BCUT2D eigenvalue weighted by atomic mass is 19.1. The van der Waals surface area contributed by atoms with Crippen LogP contribution in [0.2, 0.25) is 0 Å². The third-order valence-corrected chi connectivity index (χ3v) is 2.61. The van der Waals surface area contributed by atoms with Crippen molar-refractivity contribution in [3.63, 3.8) is 0 Å². The SMILES string of the molecule is Cc1cccc(OCc2cccc(C#N)c2)c1F. The number of hydrogen-bond acceptors (Lipinski definition) is 2. The molecule has 18 heavy (non-hydrogen) atoms. The van der Waals surface area contributed by atoms with Gasteiger partial charge in [-0.25, -0.2) is 4.39 Å². The zero-order chi connectivity index (χ0) is 13.0. The first-order chi connectivity index (χ1) is 8.70. The number of nitrogens with zero attached hydrogens (tertiary/aromatic N) is 1. The lowest BCUT2D eigenvalue weighted by Crippen LogP contribution is -1.98. The van der Waals surface area contributed by atoms with Crippen molar-refractivity contribution in [3.8, 4) is 11.8 Å². The van der Waals surface area contributed by atoms with Crippen LogP contribution in [0.15, 0.2) is 42.5 Å². The van der Waals surface area contributed by atoms with Gasteiger partial charge in [0.2, 0.25) is 0 Å².